The van der Waals surface area contributed by atoms with Crippen LogP contribution in [0.3, 0.4) is 0 Å². The molecule has 0 amide bonds. The van der Waals surface area contributed by atoms with Gasteiger partial charge in [-0.05, 0) is 29.3 Å². The molecule has 0 aromatic heterocycles. The molecule has 0 spiro atoms. The Morgan fingerprint density at radius 1 is 0.935 bits per heavy atom. The van der Waals surface area contributed by atoms with Gasteiger partial charge in [0.2, 0.25) is 0 Å². The highest BCUT2D eigenvalue weighted by Crippen LogP contribution is 2.35. The number of carbonyl (C=O) groups excluding carboxylic acids is 2. The van der Waals surface area contributed by atoms with Gasteiger partial charge in [-0.1, -0.05) is 60.7 Å². The summed E-state index contributed by atoms with van der Waals surface area (Å²) in [6.07, 6.45) is 0.745. The molecule has 1 aliphatic heterocycles. The molecule has 0 aliphatic carbocycles. The first-order chi connectivity index (χ1) is 15.0. The maximum atomic E-state index is 12.5. The molecule has 31 heavy (non-hydrogen) atoms. The van der Waals surface area contributed by atoms with Crippen molar-refractivity contribution >= 4 is 18.0 Å². The second kappa shape index (κ2) is 8.75. The van der Waals surface area contributed by atoms with Crippen LogP contribution in [0.1, 0.15) is 28.5 Å². The zero-order valence-corrected chi connectivity index (χ0v) is 16.8. The minimum Gasteiger partial charge on any atom is -0.504 e. The number of methoxy groups -OCH3 is 1. The van der Waals surface area contributed by atoms with Gasteiger partial charge in [0.1, 0.15) is 5.57 Å². The van der Waals surface area contributed by atoms with Gasteiger partial charge in [0.25, 0.3) is 6.29 Å². The number of benzene rings is 3. The minimum absolute atomic E-state index is 0.00596. The average Bonchev–Trinajstić information content (AvgIpc) is 2.79. The Labute approximate surface area is 179 Å². The molecular weight excluding hydrogens is 396 g/mol. The number of aromatic hydroxyl groups is 1. The number of phenolic OH excluding ortho intramolecular Hbond substituents is 1. The number of rotatable bonds is 5. The second-order valence-corrected chi connectivity index (χ2v) is 7.00. The third kappa shape index (κ3) is 4.43. The average molecular weight is 416 g/mol. The van der Waals surface area contributed by atoms with E-state index in [1.165, 1.54) is 13.2 Å². The van der Waals surface area contributed by atoms with E-state index < -0.39 is 18.2 Å². The van der Waals surface area contributed by atoms with Crippen molar-refractivity contribution < 1.29 is 28.9 Å². The Morgan fingerprint density at radius 3 is 2.16 bits per heavy atom. The lowest BCUT2D eigenvalue weighted by Gasteiger charge is -2.24. The molecule has 1 saturated heterocycles. The summed E-state index contributed by atoms with van der Waals surface area (Å²) in [7, 11) is 1.44. The predicted octanol–water partition coefficient (Wildman–Crippen LogP) is 4.17. The maximum Gasteiger partial charge on any atom is 0.348 e. The molecule has 0 atom stereocenters. The van der Waals surface area contributed by atoms with Gasteiger partial charge in [0, 0.05) is 17.5 Å². The lowest BCUT2D eigenvalue weighted by atomic mass is 10.00. The van der Waals surface area contributed by atoms with Gasteiger partial charge in [0.15, 0.2) is 11.5 Å². The molecule has 6 nitrogen and oxygen atoms in total. The number of hydrogen-bond donors (Lipinski definition) is 1. The first-order valence-electron chi connectivity index (χ1n) is 9.67. The fourth-order valence-corrected chi connectivity index (χ4v) is 3.34. The van der Waals surface area contributed by atoms with E-state index in [1.54, 1.807) is 36.4 Å². The van der Waals surface area contributed by atoms with Crippen LogP contribution in [-0.2, 0) is 25.5 Å². The van der Waals surface area contributed by atoms with Crippen molar-refractivity contribution in [1.82, 2.24) is 0 Å². The molecule has 1 fully saturated rings. The van der Waals surface area contributed by atoms with E-state index in [2.05, 4.69) is 0 Å². The van der Waals surface area contributed by atoms with Gasteiger partial charge in [-0.2, -0.15) is 0 Å². The van der Waals surface area contributed by atoms with Crippen molar-refractivity contribution in [1.29, 1.82) is 0 Å². The van der Waals surface area contributed by atoms with Crippen molar-refractivity contribution in [3.63, 3.8) is 0 Å². The van der Waals surface area contributed by atoms with Gasteiger partial charge in [-0.25, -0.2) is 9.59 Å². The number of esters is 2. The van der Waals surface area contributed by atoms with Crippen LogP contribution in [-0.4, -0.2) is 24.2 Å². The van der Waals surface area contributed by atoms with Crippen LogP contribution < -0.4 is 4.74 Å². The number of phenols is 1. The SMILES string of the molecule is COc1cc(C=C2C(=O)OC(c3ccccc3)OC2=O)cc(Cc2ccccc2)c1O. The van der Waals surface area contributed by atoms with Gasteiger partial charge in [0.05, 0.1) is 7.11 Å². The Hall–Kier alpha value is -4.06. The lowest BCUT2D eigenvalue weighted by Crippen LogP contribution is -2.29. The van der Waals surface area contributed by atoms with Crippen molar-refractivity contribution in [3.8, 4) is 11.5 Å². The monoisotopic (exact) mass is 416 g/mol. The molecule has 156 valence electrons. The largest absolute Gasteiger partial charge is 0.504 e. The summed E-state index contributed by atoms with van der Waals surface area (Å²) >= 11 is 0. The minimum atomic E-state index is -1.08. The number of cyclic esters (lactones) is 2. The van der Waals surface area contributed by atoms with Gasteiger partial charge in [-0.3, -0.25) is 0 Å². The fourth-order valence-electron chi connectivity index (χ4n) is 3.34. The molecule has 3 aromatic rings. The quantitative estimate of drug-likeness (QED) is 0.382. The Balaban J connectivity index is 1.64. The molecule has 0 radical (unpaired) electrons. The van der Waals surface area contributed by atoms with Crippen molar-refractivity contribution in [3.05, 3.63) is 101 Å². The zero-order chi connectivity index (χ0) is 21.8. The van der Waals surface area contributed by atoms with E-state index in [-0.39, 0.29) is 17.1 Å². The Bertz CT molecular complexity index is 1120. The van der Waals surface area contributed by atoms with Crippen LogP contribution in [0.2, 0.25) is 0 Å². The molecule has 0 saturated carbocycles. The zero-order valence-electron chi connectivity index (χ0n) is 16.8. The topological polar surface area (TPSA) is 82.1 Å². The van der Waals surface area contributed by atoms with Crippen molar-refractivity contribution in [2.45, 2.75) is 12.7 Å². The highest BCUT2D eigenvalue weighted by molar-refractivity contribution is 6.18. The van der Waals surface area contributed by atoms with Crippen LogP contribution in [0.5, 0.6) is 11.5 Å². The number of ether oxygens (including phenoxy) is 3. The van der Waals surface area contributed by atoms with E-state index >= 15 is 0 Å². The third-order valence-electron chi connectivity index (χ3n) is 4.88. The molecule has 4 rings (SSSR count). The molecule has 3 aromatic carbocycles. The molecule has 1 heterocycles. The second-order valence-electron chi connectivity index (χ2n) is 7.00. The first kappa shape index (κ1) is 20.2. The maximum absolute atomic E-state index is 12.5. The summed E-state index contributed by atoms with van der Waals surface area (Å²) in [6.45, 7) is 0. The molecule has 0 bridgehead atoms. The van der Waals surface area contributed by atoms with E-state index in [0.29, 0.717) is 23.1 Å². The molecule has 1 aliphatic rings. The van der Waals surface area contributed by atoms with Gasteiger partial charge >= 0.3 is 11.9 Å². The molecular formula is C25H20O6. The molecule has 1 N–H and O–H groups in total. The standard InChI is InChI=1S/C25H20O6/c1-29-21-15-17(13-19(22(21)26)12-16-8-4-2-5-9-16)14-20-23(27)30-25(31-24(20)28)18-10-6-3-7-11-18/h2-11,13-15,25-26H,12H2,1H3. The Kier molecular flexibility index (Phi) is 5.71. The summed E-state index contributed by atoms with van der Waals surface area (Å²) in [5.74, 6) is -1.31. The number of carbonyl (C=O) groups is 2. The van der Waals surface area contributed by atoms with Crippen LogP contribution in [0.15, 0.2) is 78.4 Å². The molecule has 0 unspecified atom stereocenters. The summed E-state index contributed by atoms with van der Waals surface area (Å²) < 4.78 is 15.9. The summed E-state index contributed by atoms with van der Waals surface area (Å²) in [5.41, 5.74) is 2.43. The summed E-state index contributed by atoms with van der Waals surface area (Å²) in [5, 5.41) is 10.5. The van der Waals surface area contributed by atoms with E-state index in [1.807, 2.05) is 36.4 Å². The smallest absolute Gasteiger partial charge is 0.348 e. The third-order valence-corrected chi connectivity index (χ3v) is 4.88. The van der Waals surface area contributed by atoms with E-state index in [9.17, 15) is 14.7 Å². The highest BCUT2D eigenvalue weighted by Gasteiger charge is 2.34. The van der Waals surface area contributed by atoms with Crippen molar-refractivity contribution in [2.75, 3.05) is 7.11 Å². The van der Waals surface area contributed by atoms with Crippen LogP contribution in [0, 0.1) is 0 Å². The van der Waals surface area contributed by atoms with Crippen LogP contribution >= 0.6 is 0 Å². The van der Waals surface area contributed by atoms with Crippen LogP contribution in [0.25, 0.3) is 6.08 Å². The highest BCUT2D eigenvalue weighted by atomic mass is 16.7. The molecule has 6 heteroatoms. The van der Waals surface area contributed by atoms with Gasteiger partial charge in [-0.15, -0.1) is 0 Å². The lowest BCUT2D eigenvalue weighted by molar-refractivity contribution is -0.195. The van der Waals surface area contributed by atoms with E-state index in [4.69, 9.17) is 14.2 Å². The van der Waals surface area contributed by atoms with E-state index in [0.717, 1.165) is 5.56 Å². The van der Waals surface area contributed by atoms with Crippen molar-refractivity contribution in [2.24, 2.45) is 0 Å². The summed E-state index contributed by atoms with van der Waals surface area (Å²) in [6, 6.07) is 21.6. The summed E-state index contributed by atoms with van der Waals surface area (Å²) in [4.78, 5) is 25.0. The predicted molar refractivity (Wildman–Crippen MR) is 113 cm³/mol. The Morgan fingerprint density at radius 2 is 1.55 bits per heavy atom. The fraction of sp³-hybridized carbons (Fsp3) is 0.120. The van der Waals surface area contributed by atoms with Crippen LogP contribution in [0.4, 0.5) is 0 Å². The first-order valence-corrected chi connectivity index (χ1v) is 9.67. The van der Waals surface area contributed by atoms with Gasteiger partial charge < -0.3 is 19.3 Å². The normalized spacial score (nSPS) is 15.8. The number of hydrogen-bond acceptors (Lipinski definition) is 6.